The SMILES string of the molecule is C[C@@H](CC(N)=O)c1nc2ccc(F)cc2n1-c1cccnc1. The van der Waals surface area contributed by atoms with Crippen LogP contribution in [0.15, 0.2) is 42.7 Å². The van der Waals surface area contributed by atoms with Crippen LogP contribution >= 0.6 is 0 Å². The third kappa shape index (κ3) is 2.55. The third-order valence-corrected chi connectivity index (χ3v) is 3.49. The second-order valence-corrected chi connectivity index (χ2v) is 5.22. The molecular formula is C16H15FN4O. The van der Waals surface area contributed by atoms with E-state index in [4.69, 9.17) is 5.73 Å². The lowest BCUT2D eigenvalue weighted by Crippen LogP contribution is -2.16. The first kappa shape index (κ1) is 14.2. The van der Waals surface area contributed by atoms with Crippen molar-refractivity contribution in [1.82, 2.24) is 14.5 Å². The largest absolute Gasteiger partial charge is 0.370 e. The summed E-state index contributed by atoms with van der Waals surface area (Å²) in [6, 6.07) is 8.07. The number of halogens is 1. The van der Waals surface area contributed by atoms with E-state index < -0.39 is 5.91 Å². The molecule has 6 heteroatoms. The molecule has 3 aromatic rings. The normalized spacial score (nSPS) is 12.5. The minimum atomic E-state index is -0.400. The first-order valence-corrected chi connectivity index (χ1v) is 6.93. The Kier molecular flexibility index (Phi) is 3.58. The van der Waals surface area contributed by atoms with Crippen molar-refractivity contribution in [2.24, 2.45) is 5.73 Å². The minimum absolute atomic E-state index is 0.173. The molecule has 0 aliphatic carbocycles. The standard InChI is InChI=1S/C16H15FN4O/c1-10(7-15(18)22)16-20-13-5-4-11(17)8-14(13)21(16)12-3-2-6-19-9-12/h2-6,8-10H,7H2,1H3,(H2,18,22)/t10-/m0/s1. The maximum atomic E-state index is 13.6. The fourth-order valence-corrected chi connectivity index (χ4v) is 2.55. The molecule has 22 heavy (non-hydrogen) atoms. The second-order valence-electron chi connectivity index (χ2n) is 5.22. The van der Waals surface area contributed by atoms with Gasteiger partial charge in [0.1, 0.15) is 11.6 Å². The zero-order chi connectivity index (χ0) is 15.7. The highest BCUT2D eigenvalue weighted by molar-refractivity contribution is 5.79. The van der Waals surface area contributed by atoms with Crippen molar-refractivity contribution >= 4 is 16.9 Å². The molecule has 0 aliphatic rings. The summed E-state index contributed by atoms with van der Waals surface area (Å²) in [5.74, 6) is -0.268. The summed E-state index contributed by atoms with van der Waals surface area (Å²) in [6.07, 6.45) is 3.51. The average Bonchev–Trinajstić information content (AvgIpc) is 2.86. The number of carbonyl (C=O) groups is 1. The van der Waals surface area contributed by atoms with Crippen LogP contribution < -0.4 is 5.73 Å². The van der Waals surface area contributed by atoms with Crippen molar-refractivity contribution in [1.29, 1.82) is 0 Å². The monoisotopic (exact) mass is 298 g/mol. The summed E-state index contributed by atoms with van der Waals surface area (Å²) in [7, 11) is 0. The predicted molar refractivity (Wildman–Crippen MR) is 81.0 cm³/mol. The number of fused-ring (bicyclic) bond motifs is 1. The fraction of sp³-hybridized carbons (Fsp3) is 0.188. The maximum Gasteiger partial charge on any atom is 0.218 e. The van der Waals surface area contributed by atoms with E-state index in [2.05, 4.69) is 9.97 Å². The lowest BCUT2D eigenvalue weighted by Gasteiger charge is -2.13. The van der Waals surface area contributed by atoms with Gasteiger partial charge in [0.05, 0.1) is 22.9 Å². The van der Waals surface area contributed by atoms with Crippen LogP contribution in [0.1, 0.15) is 25.1 Å². The van der Waals surface area contributed by atoms with Gasteiger partial charge in [-0.15, -0.1) is 0 Å². The highest BCUT2D eigenvalue weighted by Gasteiger charge is 2.19. The van der Waals surface area contributed by atoms with Crippen molar-refractivity contribution in [2.45, 2.75) is 19.3 Å². The number of rotatable bonds is 4. The first-order chi connectivity index (χ1) is 10.6. The smallest absolute Gasteiger partial charge is 0.218 e. The van der Waals surface area contributed by atoms with E-state index in [1.54, 1.807) is 24.5 Å². The number of amides is 1. The molecule has 0 spiro atoms. The number of benzene rings is 1. The molecule has 0 bridgehead atoms. The molecule has 1 amide bonds. The molecule has 0 aliphatic heterocycles. The van der Waals surface area contributed by atoms with Gasteiger partial charge in [-0.1, -0.05) is 6.92 Å². The lowest BCUT2D eigenvalue weighted by molar-refractivity contribution is -0.118. The van der Waals surface area contributed by atoms with E-state index in [0.29, 0.717) is 16.9 Å². The van der Waals surface area contributed by atoms with Gasteiger partial charge in [0.25, 0.3) is 0 Å². The molecule has 5 nitrogen and oxygen atoms in total. The number of carbonyl (C=O) groups excluding carboxylic acids is 1. The van der Waals surface area contributed by atoms with Gasteiger partial charge >= 0.3 is 0 Å². The van der Waals surface area contributed by atoms with Crippen LogP contribution in [0.25, 0.3) is 16.7 Å². The van der Waals surface area contributed by atoms with E-state index in [1.807, 2.05) is 17.6 Å². The van der Waals surface area contributed by atoms with Gasteiger partial charge in [-0.2, -0.15) is 0 Å². The Morgan fingerprint density at radius 3 is 2.91 bits per heavy atom. The van der Waals surface area contributed by atoms with Crippen LogP contribution in [0.4, 0.5) is 4.39 Å². The molecular weight excluding hydrogens is 283 g/mol. The van der Waals surface area contributed by atoms with E-state index in [0.717, 1.165) is 5.69 Å². The average molecular weight is 298 g/mol. The number of aromatic nitrogens is 3. The second kappa shape index (κ2) is 5.55. The van der Waals surface area contributed by atoms with Crippen LogP contribution in [-0.4, -0.2) is 20.4 Å². The maximum absolute atomic E-state index is 13.6. The zero-order valence-corrected chi connectivity index (χ0v) is 12.0. The van der Waals surface area contributed by atoms with E-state index in [1.165, 1.54) is 12.1 Å². The van der Waals surface area contributed by atoms with Crippen molar-refractivity contribution in [3.05, 3.63) is 54.4 Å². The number of imidazole rings is 1. The molecule has 1 aromatic carbocycles. The Labute approximate surface area is 126 Å². The van der Waals surface area contributed by atoms with Crippen molar-refractivity contribution in [3.8, 4) is 5.69 Å². The van der Waals surface area contributed by atoms with E-state index >= 15 is 0 Å². The van der Waals surface area contributed by atoms with Gasteiger partial charge in [0.15, 0.2) is 0 Å². The zero-order valence-electron chi connectivity index (χ0n) is 12.0. The number of hydrogen-bond acceptors (Lipinski definition) is 3. The Hall–Kier alpha value is -2.76. The van der Waals surface area contributed by atoms with Crippen LogP contribution in [0.2, 0.25) is 0 Å². The van der Waals surface area contributed by atoms with Crippen molar-refractivity contribution < 1.29 is 9.18 Å². The topological polar surface area (TPSA) is 73.8 Å². The molecule has 0 unspecified atom stereocenters. The van der Waals surface area contributed by atoms with Gasteiger partial charge in [0.2, 0.25) is 5.91 Å². The van der Waals surface area contributed by atoms with E-state index in [9.17, 15) is 9.18 Å². The highest BCUT2D eigenvalue weighted by atomic mass is 19.1. The van der Waals surface area contributed by atoms with Gasteiger partial charge in [-0.05, 0) is 24.3 Å². The molecule has 1 atom stereocenters. The Morgan fingerprint density at radius 2 is 2.23 bits per heavy atom. The summed E-state index contributed by atoms with van der Waals surface area (Å²) in [5, 5.41) is 0. The molecule has 0 saturated heterocycles. The molecule has 0 radical (unpaired) electrons. The van der Waals surface area contributed by atoms with Gasteiger partial charge in [0, 0.05) is 24.6 Å². The summed E-state index contributed by atoms with van der Waals surface area (Å²) >= 11 is 0. The van der Waals surface area contributed by atoms with Crippen LogP contribution in [0, 0.1) is 5.82 Å². The Bertz CT molecular complexity index is 829. The minimum Gasteiger partial charge on any atom is -0.370 e. The lowest BCUT2D eigenvalue weighted by atomic mass is 10.1. The van der Waals surface area contributed by atoms with Crippen molar-refractivity contribution in [3.63, 3.8) is 0 Å². The molecule has 0 saturated carbocycles. The molecule has 2 N–H and O–H groups in total. The molecule has 112 valence electrons. The van der Waals surface area contributed by atoms with Gasteiger partial charge < -0.3 is 5.73 Å². The van der Waals surface area contributed by atoms with Crippen LogP contribution in [0.3, 0.4) is 0 Å². The van der Waals surface area contributed by atoms with Gasteiger partial charge in [-0.3, -0.25) is 14.3 Å². The molecule has 3 rings (SSSR count). The Balaban J connectivity index is 2.25. The number of primary amides is 1. The van der Waals surface area contributed by atoms with E-state index in [-0.39, 0.29) is 18.2 Å². The van der Waals surface area contributed by atoms with Crippen LogP contribution in [0.5, 0.6) is 0 Å². The third-order valence-electron chi connectivity index (χ3n) is 3.49. The number of hydrogen-bond donors (Lipinski definition) is 1. The number of nitrogens with zero attached hydrogens (tertiary/aromatic N) is 3. The molecule has 0 fully saturated rings. The van der Waals surface area contributed by atoms with Crippen LogP contribution in [-0.2, 0) is 4.79 Å². The number of nitrogens with two attached hydrogens (primary N) is 1. The fourth-order valence-electron chi connectivity index (χ4n) is 2.55. The van der Waals surface area contributed by atoms with Gasteiger partial charge in [-0.25, -0.2) is 9.37 Å². The van der Waals surface area contributed by atoms with Crippen molar-refractivity contribution in [2.75, 3.05) is 0 Å². The summed E-state index contributed by atoms with van der Waals surface area (Å²) in [4.78, 5) is 19.9. The highest BCUT2D eigenvalue weighted by Crippen LogP contribution is 2.27. The number of pyridine rings is 1. The summed E-state index contributed by atoms with van der Waals surface area (Å²) in [6.45, 7) is 1.87. The Morgan fingerprint density at radius 1 is 1.41 bits per heavy atom. The summed E-state index contributed by atoms with van der Waals surface area (Å²) < 4.78 is 15.4. The quantitative estimate of drug-likeness (QED) is 0.804. The first-order valence-electron chi connectivity index (χ1n) is 6.93. The summed E-state index contributed by atoms with van der Waals surface area (Å²) in [5.41, 5.74) is 7.36. The molecule has 2 heterocycles. The predicted octanol–water partition coefficient (Wildman–Crippen LogP) is 2.54. The molecule has 2 aromatic heterocycles.